The van der Waals surface area contributed by atoms with E-state index in [9.17, 15) is 21.6 Å². The average molecular weight is 518 g/mol. The predicted octanol–water partition coefficient (Wildman–Crippen LogP) is 4.20. The number of ether oxygens (including phenoxy) is 2. The van der Waals surface area contributed by atoms with Crippen LogP contribution < -0.4 is 15.0 Å². The zero-order valence-electron chi connectivity index (χ0n) is 18.4. The molecule has 1 aromatic heterocycles. The Hall–Kier alpha value is -2.47. The summed E-state index contributed by atoms with van der Waals surface area (Å²) in [4.78, 5) is 1.90. The molecule has 1 fully saturated rings. The van der Waals surface area contributed by atoms with Crippen LogP contribution in [0.15, 0.2) is 47.5 Å². The van der Waals surface area contributed by atoms with Crippen molar-refractivity contribution in [3.05, 3.63) is 53.2 Å². The molecule has 0 aliphatic carbocycles. The van der Waals surface area contributed by atoms with E-state index in [2.05, 4.69) is 5.32 Å². The molecular weight excluding hydrogens is 495 g/mol. The number of hydrogen-bond donors (Lipinski definition) is 1. The van der Waals surface area contributed by atoms with Gasteiger partial charge in [0.15, 0.2) is 6.10 Å². The Labute approximate surface area is 200 Å². The summed E-state index contributed by atoms with van der Waals surface area (Å²) in [6.07, 6.45) is -6.10. The lowest BCUT2D eigenvalue weighted by molar-refractivity contribution is -0.215. The van der Waals surface area contributed by atoms with Gasteiger partial charge in [-0.25, -0.2) is 12.4 Å². The van der Waals surface area contributed by atoms with Gasteiger partial charge >= 0.3 is 6.18 Å². The van der Waals surface area contributed by atoms with Crippen LogP contribution in [0.2, 0.25) is 5.02 Å². The molecular formula is C22H23ClF3N3O4S. The molecule has 34 heavy (non-hydrogen) atoms. The van der Waals surface area contributed by atoms with Crippen molar-refractivity contribution in [3.63, 3.8) is 0 Å². The van der Waals surface area contributed by atoms with Crippen LogP contribution in [0.4, 0.5) is 18.9 Å². The summed E-state index contributed by atoms with van der Waals surface area (Å²) in [6, 6.07) is 8.47. The van der Waals surface area contributed by atoms with Crippen molar-refractivity contribution < 1.29 is 31.1 Å². The van der Waals surface area contributed by atoms with Crippen LogP contribution in [0.1, 0.15) is 11.7 Å². The molecule has 2 heterocycles. The van der Waals surface area contributed by atoms with Gasteiger partial charge in [-0.2, -0.15) is 13.2 Å². The predicted molar refractivity (Wildman–Crippen MR) is 123 cm³/mol. The van der Waals surface area contributed by atoms with Gasteiger partial charge in [-0.1, -0.05) is 17.7 Å². The summed E-state index contributed by atoms with van der Waals surface area (Å²) in [5.74, 6) is 0.499. The number of fused-ring (bicyclic) bond motifs is 1. The molecule has 1 N–H and O–H groups in total. The molecule has 1 unspecified atom stereocenters. The fourth-order valence-electron chi connectivity index (χ4n) is 4.14. The van der Waals surface area contributed by atoms with Crippen LogP contribution in [0.3, 0.4) is 0 Å². The molecule has 1 aliphatic heterocycles. The van der Waals surface area contributed by atoms with Gasteiger partial charge in [0.05, 0.1) is 23.2 Å². The molecule has 12 heteroatoms. The highest BCUT2D eigenvalue weighted by Gasteiger charge is 2.43. The lowest BCUT2D eigenvalue weighted by atomic mass is 10.1. The largest absolute Gasteiger partial charge is 0.495 e. The number of hydrogen-bond acceptors (Lipinski definition) is 6. The normalized spacial score (nSPS) is 16.1. The summed E-state index contributed by atoms with van der Waals surface area (Å²) in [7, 11) is -1.88. The van der Waals surface area contributed by atoms with Crippen LogP contribution >= 0.6 is 11.6 Å². The lowest BCUT2D eigenvalue weighted by Crippen LogP contribution is -2.43. The Morgan fingerprint density at radius 1 is 1.09 bits per heavy atom. The van der Waals surface area contributed by atoms with Gasteiger partial charge in [0.25, 0.3) is 10.0 Å². The fourth-order valence-corrected chi connectivity index (χ4v) is 5.69. The first kappa shape index (κ1) is 24.6. The molecule has 1 saturated heterocycles. The fraction of sp³-hybridized carbons (Fsp3) is 0.364. The van der Waals surface area contributed by atoms with Gasteiger partial charge in [0.1, 0.15) is 5.75 Å². The molecule has 0 amide bonds. The van der Waals surface area contributed by atoms with E-state index in [1.165, 1.54) is 43.5 Å². The summed E-state index contributed by atoms with van der Waals surface area (Å²) in [5, 5.41) is 3.49. The SMILES string of the molecule is COc1ccc(S(=O)(=O)n2cc(C(OC)C(F)(F)F)c3ccc(Cl)cc32)cc1N1CCNCC1. The number of rotatable bonds is 6. The number of alkyl halides is 3. The van der Waals surface area contributed by atoms with Crippen molar-refractivity contribution in [3.8, 4) is 5.75 Å². The minimum Gasteiger partial charge on any atom is -0.495 e. The zero-order valence-corrected chi connectivity index (χ0v) is 20.0. The lowest BCUT2D eigenvalue weighted by Gasteiger charge is -2.30. The number of piperazine rings is 1. The van der Waals surface area contributed by atoms with Gasteiger partial charge in [0.2, 0.25) is 0 Å². The van der Waals surface area contributed by atoms with Gasteiger partial charge in [-0.15, -0.1) is 0 Å². The Bertz CT molecular complexity index is 1300. The van der Waals surface area contributed by atoms with Crippen LogP contribution in [0.25, 0.3) is 10.9 Å². The third kappa shape index (κ3) is 4.45. The smallest absolute Gasteiger partial charge is 0.418 e. The van der Waals surface area contributed by atoms with E-state index in [0.717, 1.165) is 30.4 Å². The van der Waals surface area contributed by atoms with Gasteiger partial charge in [0, 0.05) is 55.5 Å². The van der Waals surface area contributed by atoms with Crippen molar-refractivity contribution in [1.29, 1.82) is 0 Å². The first-order valence-electron chi connectivity index (χ1n) is 10.4. The second-order valence-corrected chi connectivity index (χ2v) is 10.0. The number of halogens is 4. The van der Waals surface area contributed by atoms with Crippen molar-refractivity contribution in [1.82, 2.24) is 9.29 Å². The summed E-state index contributed by atoms with van der Waals surface area (Å²) < 4.78 is 79.3. The van der Waals surface area contributed by atoms with Gasteiger partial charge in [-0.3, -0.25) is 0 Å². The maximum Gasteiger partial charge on any atom is 0.418 e. The number of nitrogens with zero attached hydrogens (tertiary/aromatic N) is 2. The minimum absolute atomic E-state index is 0.0216. The number of methoxy groups -OCH3 is 2. The van der Waals surface area contributed by atoms with Gasteiger partial charge < -0.3 is 19.7 Å². The Morgan fingerprint density at radius 2 is 1.79 bits per heavy atom. The van der Waals surface area contributed by atoms with E-state index in [1.807, 2.05) is 4.90 Å². The van der Waals surface area contributed by atoms with E-state index in [1.54, 1.807) is 0 Å². The summed E-state index contributed by atoms with van der Waals surface area (Å²) >= 11 is 6.07. The van der Waals surface area contributed by atoms with Crippen molar-refractivity contribution in [2.45, 2.75) is 17.2 Å². The molecule has 0 spiro atoms. The van der Waals surface area contributed by atoms with E-state index in [0.29, 0.717) is 24.5 Å². The standard InChI is InChI=1S/C22H23ClF3N3O4S/c1-32-20-6-4-15(12-19(20)28-9-7-27-8-10-28)34(30,31)29-13-17(21(33-2)22(24,25)26)16-5-3-14(23)11-18(16)29/h3-6,11-13,21,27H,7-10H2,1-2H3. The second kappa shape index (κ2) is 9.29. The third-order valence-electron chi connectivity index (χ3n) is 5.74. The molecule has 1 atom stereocenters. The topological polar surface area (TPSA) is 72.8 Å². The third-order valence-corrected chi connectivity index (χ3v) is 7.65. The van der Waals surface area contributed by atoms with Crippen LogP contribution in [0, 0.1) is 0 Å². The van der Waals surface area contributed by atoms with Crippen molar-refractivity contribution in [2.24, 2.45) is 0 Å². The quantitative estimate of drug-likeness (QED) is 0.528. The highest BCUT2D eigenvalue weighted by Crippen LogP contribution is 2.41. The second-order valence-electron chi connectivity index (χ2n) is 7.77. The van der Waals surface area contributed by atoms with E-state index in [4.69, 9.17) is 21.1 Å². The molecule has 2 aromatic carbocycles. The molecule has 0 saturated carbocycles. The van der Waals surface area contributed by atoms with Crippen LogP contribution in [0.5, 0.6) is 5.75 Å². The monoisotopic (exact) mass is 517 g/mol. The maximum atomic E-state index is 13.7. The number of anilines is 1. The molecule has 184 valence electrons. The van der Waals surface area contributed by atoms with Crippen LogP contribution in [-0.2, 0) is 14.8 Å². The highest BCUT2D eigenvalue weighted by molar-refractivity contribution is 7.90. The first-order valence-corrected chi connectivity index (χ1v) is 12.2. The summed E-state index contributed by atoms with van der Waals surface area (Å²) in [5.41, 5.74) is 0.291. The van der Waals surface area contributed by atoms with Crippen LogP contribution in [-0.4, -0.2) is 59.0 Å². The van der Waals surface area contributed by atoms with E-state index in [-0.39, 0.29) is 26.4 Å². The van der Waals surface area contributed by atoms with E-state index >= 15 is 0 Å². The highest BCUT2D eigenvalue weighted by atomic mass is 35.5. The number of nitrogens with one attached hydrogen (secondary N) is 1. The molecule has 0 bridgehead atoms. The Morgan fingerprint density at radius 3 is 2.41 bits per heavy atom. The van der Waals surface area contributed by atoms with Crippen molar-refractivity contribution >= 4 is 38.2 Å². The first-order chi connectivity index (χ1) is 16.1. The zero-order chi connectivity index (χ0) is 24.7. The minimum atomic E-state index is -4.74. The average Bonchev–Trinajstić information content (AvgIpc) is 3.17. The summed E-state index contributed by atoms with van der Waals surface area (Å²) in [6.45, 7) is 2.74. The van der Waals surface area contributed by atoms with Gasteiger partial charge in [-0.05, 0) is 30.3 Å². The number of aromatic nitrogens is 1. The van der Waals surface area contributed by atoms with E-state index < -0.39 is 22.3 Å². The molecule has 4 rings (SSSR count). The molecule has 1 aliphatic rings. The molecule has 0 radical (unpaired) electrons. The molecule has 7 nitrogen and oxygen atoms in total. The Balaban J connectivity index is 1.90. The molecule has 3 aromatic rings. The van der Waals surface area contributed by atoms with Crippen molar-refractivity contribution in [2.75, 3.05) is 45.3 Å². The number of benzene rings is 2. The Kier molecular flexibility index (Phi) is 6.74. The maximum absolute atomic E-state index is 13.7.